The first-order valence-corrected chi connectivity index (χ1v) is 7.64. The summed E-state index contributed by atoms with van der Waals surface area (Å²) in [6, 6.07) is 7.79. The van der Waals surface area contributed by atoms with Crippen LogP contribution in [0.4, 0.5) is 0 Å². The normalized spacial score (nSPS) is 14.3. The molecule has 0 N–H and O–H groups in total. The Balaban J connectivity index is 1.81. The highest BCUT2D eigenvalue weighted by molar-refractivity contribution is 6.06. The molecule has 1 aromatic heterocycles. The molecule has 2 heterocycles. The lowest BCUT2D eigenvalue weighted by atomic mass is 10.00. The van der Waals surface area contributed by atoms with Gasteiger partial charge in [-0.3, -0.25) is 9.59 Å². The van der Waals surface area contributed by atoms with Crippen molar-refractivity contribution in [2.24, 2.45) is 4.99 Å². The van der Waals surface area contributed by atoms with Crippen LogP contribution in [-0.4, -0.2) is 34.7 Å². The van der Waals surface area contributed by atoms with Gasteiger partial charge >= 0.3 is 5.97 Å². The minimum absolute atomic E-state index is 0.0961. The minimum atomic E-state index is -0.368. The molecule has 0 atom stereocenters. The summed E-state index contributed by atoms with van der Waals surface area (Å²) >= 11 is 0. The Kier molecular flexibility index (Phi) is 4.46. The summed E-state index contributed by atoms with van der Waals surface area (Å²) in [6.45, 7) is 1.93. The van der Waals surface area contributed by atoms with Gasteiger partial charge in [0.2, 0.25) is 0 Å². The van der Waals surface area contributed by atoms with Gasteiger partial charge in [0.15, 0.2) is 0 Å². The highest BCUT2D eigenvalue weighted by atomic mass is 16.5. The smallest absolute Gasteiger partial charge is 0.309 e. The van der Waals surface area contributed by atoms with Gasteiger partial charge in [-0.2, -0.15) is 0 Å². The number of amides is 1. The first-order chi connectivity index (χ1) is 11.5. The van der Waals surface area contributed by atoms with Crippen LogP contribution in [0, 0.1) is 6.92 Å². The predicted molar refractivity (Wildman–Crippen MR) is 89.8 cm³/mol. The van der Waals surface area contributed by atoms with Crippen LogP contribution >= 0.6 is 0 Å². The van der Waals surface area contributed by atoms with Crippen molar-refractivity contribution in [2.45, 2.75) is 26.2 Å². The number of methoxy groups -OCH3 is 1. The van der Waals surface area contributed by atoms with E-state index in [2.05, 4.69) is 19.7 Å². The second kappa shape index (κ2) is 6.70. The number of fused-ring (bicyclic) bond motifs is 1. The number of para-hydroxylation sites is 1. The van der Waals surface area contributed by atoms with Crippen molar-refractivity contribution >= 4 is 28.5 Å². The quantitative estimate of drug-likeness (QED) is 0.807. The first kappa shape index (κ1) is 16.0. The van der Waals surface area contributed by atoms with Gasteiger partial charge in [0, 0.05) is 35.7 Å². The maximum Gasteiger partial charge on any atom is 0.309 e. The molecule has 0 saturated carbocycles. The Hall–Kier alpha value is -2.89. The van der Waals surface area contributed by atoms with Crippen LogP contribution in [0.5, 0.6) is 0 Å². The lowest BCUT2D eigenvalue weighted by Gasteiger charge is -2.13. The van der Waals surface area contributed by atoms with Crippen molar-refractivity contribution in [3.63, 3.8) is 0 Å². The fourth-order valence-corrected chi connectivity index (χ4v) is 2.75. The van der Waals surface area contributed by atoms with E-state index in [0.29, 0.717) is 30.0 Å². The Morgan fingerprint density at radius 1 is 1.25 bits per heavy atom. The Morgan fingerprint density at radius 3 is 2.83 bits per heavy atom. The number of ether oxygens (including phenoxy) is 1. The molecule has 24 heavy (non-hydrogen) atoms. The van der Waals surface area contributed by atoms with E-state index in [1.54, 1.807) is 0 Å². The van der Waals surface area contributed by atoms with Crippen molar-refractivity contribution in [1.82, 2.24) is 9.97 Å². The summed E-state index contributed by atoms with van der Waals surface area (Å²) in [5, 5.41) is 1.01. The molecule has 0 bridgehead atoms. The summed E-state index contributed by atoms with van der Waals surface area (Å²) < 4.78 is 4.65. The fraction of sp³-hybridized carbons (Fsp3) is 0.278. The van der Waals surface area contributed by atoms with Crippen LogP contribution in [-0.2, 0) is 20.7 Å². The first-order valence-electron chi connectivity index (χ1n) is 7.64. The molecule has 0 saturated heterocycles. The van der Waals surface area contributed by atoms with Gasteiger partial charge in [0.1, 0.15) is 5.82 Å². The van der Waals surface area contributed by atoms with Crippen LogP contribution in [0.1, 0.15) is 24.4 Å². The van der Waals surface area contributed by atoms with Crippen molar-refractivity contribution in [3.05, 3.63) is 47.4 Å². The largest absolute Gasteiger partial charge is 0.469 e. The fourth-order valence-electron chi connectivity index (χ4n) is 2.75. The maximum atomic E-state index is 11.8. The summed E-state index contributed by atoms with van der Waals surface area (Å²) in [5.74, 6) is -0.0992. The number of carbonyl (C=O) groups excluding carboxylic acids is 2. The number of nitrogens with zero attached hydrogens (tertiary/aromatic N) is 3. The Labute approximate surface area is 139 Å². The number of hydrogen-bond acceptors (Lipinski definition) is 5. The minimum Gasteiger partial charge on any atom is -0.469 e. The molecular formula is C18H17N3O3. The molecule has 0 unspecified atom stereocenters. The van der Waals surface area contributed by atoms with Gasteiger partial charge in [-0.25, -0.2) is 15.0 Å². The van der Waals surface area contributed by atoms with Crippen LogP contribution in [0.25, 0.3) is 10.9 Å². The number of dihydropyridines is 1. The second-order valence-electron chi connectivity index (χ2n) is 5.67. The third-order valence-electron chi connectivity index (χ3n) is 3.83. The zero-order valence-corrected chi connectivity index (χ0v) is 13.6. The molecule has 1 aliphatic rings. The molecule has 0 aliphatic carbocycles. The third kappa shape index (κ3) is 3.53. The molecule has 6 heteroatoms. The molecule has 0 spiro atoms. The van der Waals surface area contributed by atoms with Gasteiger partial charge in [-0.15, -0.1) is 0 Å². The van der Waals surface area contributed by atoms with E-state index >= 15 is 0 Å². The van der Waals surface area contributed by atoms with E-state index in [-0.39, 0.29) is 18.3 Å². The average Bonchev–Trinajstić information content (AvgIpc) is 2.54. The lowest BCUT2D eigenvalue weighted by molar-refractivity contribution is -0.139. The number of aromatic nitrogens is 2. The molecule has 1 aromatic carbocycles. The van der Waals surface area contributed by atoms with E-state index in [1.165, 1.54) is 13.2 Å². The monoisotopic (exact) mass is 323 g/mol. The number of rotatable bonds is 4. The van der Waals surface area contributed by atoms with E-state index in [4.69, 9.17) is 0 Å². The van der Waals surface area contributed by atoms with Gasteiger partial charge in [-0.05, 0) is 18.6 Å². The van der Waals surface area contributed by atoms with Crippen LogP contribution < -0.4 is 0 Å². The van der Waals surface area contributed by atoms with E-state index in [0.717, 1.165) is 16.6 Å². The van der Waals surface area contributed by atoms with Gasteiger partial charge in [0.05, 0.1) is 19.0 Å². The maximum absolute atomic E-state index is 11.8. The molecule has 0 fully saturated rings. The summed E-state index contributed by atoms with van der Waals surface area (Å²) in [4.78, 5) is 36.3. The number of benzene rings is 1. The highest BCUT2D eigenvalue weighted by Gasteiger charge is 2.18. The van der Waals surface area contributed by atoms with E-state index in [1.807, 2.05) is 31.2 Å². The van der Waals surface area contributed by atoms with Crippen LogP contribution in [0.3, 0.4) is 0 Å². The van der Waals surface area contributed by atoms with E-state index in [9.17, 15) is 9.59 Å². The third-order valence-corrected chi connectivity index (χ3v) is 3.83. The molecule has 1 aliphatic heterocycles. The average molecular weight is 323 g/mol. The molecule has 122 valence electrons. The van der Waals surface area contributed by atoms with Gasteiger partial charge in [0.25, 0.3) is 5.91 Å². The molecular weight excluding hydrogens is 306 g/mol. The zero-order valence-electron chi connectivity index (χ0n) is 13.6. The molecule has 2 aromatic rings. The SMILES string of the molecule is COC(=O)CC1=CC(=O)N=C(Cc2nc(C)c3ccccc3n2)C1. The molecule has 6 nitrogen and oxygen atoms in total. The van der Waals surface area contributed by atoms with Crippen molar-refractivity contribution in [1.29, 1.82) is 0 Å². The van der Waals surface area contributed by atoms with Gasteiger partial charge in [-0.1, -0.05) is 18.2 Å². The standard InChI is InChI=1S/C18H17N3O3/c1-11-14-5-3-4-6-15(14)21-16(19-11)10-13-7-12(8-17(22)20-13)9-18(23)24-2/h3-6,8H,7,9-10H2,1-2H3. The topological polar surface area (TPSA) is 81.5 Å². The Morgan fingerprint density at radius 2 is 2.04 bits per heavy atom. The van der Waals surface area contributed by atoms with Crippen molar-refractivity contribution in [2.75, 3.05) is 7.11 Å². The van der Waals surface area contributed by atoms with Crippen molar-refractivity contribution < 1.29 is 14.3 Å². The zero-order chi connectivity index (χ0) is 17.1. The summed E-state index contributed by atoms with van der Waals surface area (Å²) in [6.07, 6.45) is 2.33. The number of hydrogen-bond donors (Lipinski definition) is 0. The van der Waals surface area contributed by atoms with Crippen LogP contribution in [0.15, 0.2) is 40.9 Å². The Bertz CT molecular complexity index is 884. The summed E-state index contributed by atoms with van der Waals surface area (Å²) in [5.41, 5.74) is 3.13. The second-order valence-corrected chi connectivity index (χ2v) is 5.67. The number of carbonyl (C=O) groups is 2. The predicted octanol–water partition coefficient (Wildman–Crippen LogP) is 2.34. The summed E-state index contributed by atoms with van der Waals surface area (Å²) in [7, 11) is 1.33. The van der Waals surface area contributed by atoms with E-state index < -0.39 is 0 Å². The number of aryl methyl sites for hydroxylation is 1. The van der Waals surface area contributed by atoms with Gasteiger partial charge < -0.3 is 4.74 Å². The molecule has 3 rings (SSSR count). The number of aliphatic imine (C=N–C) groups is 1. The van der Waals surface area contributed by atoms with Crippen LogP contribution in [0.2, 0.25) is 0 Å². The van der Waals surface area contributed by atoms with Crippen molar-refractivity contribution in [3.8, 4) is 0 Å². The highest BCUT2D eigenvalue weighted by Crippen LogP contribution is 2.18. The number of esters is 1. The molecule has 0 radical (unpaired) electrons. The molecule has 1 amide bonds. The lowest BCUT2D eigenvalue weighted by Crippen LogP contribution is -2.16.